The topological polar surface area (TPSA) is 30.7 Å². The van der Waals surface area contributed by atoms with E-state index in [1.165, 1.54) is 37.3 Å². The maximum absolute atomic E-state index is 5.17. The van der Waals surface area contributed by atoms with Gasteiger partial charge in [0.25, 0.3) is 0 Å². The SMILES string of the molecule is Cc1ccc2c(c1)C=Cc1c(ccc3c1c1ccccc1n3-c1cc(-c3ccccc3)nc(-c3ccccc3)n1)S2. The number of benzene rings is 5. The Morgan fingerprint density at radius 2 is 1.34 bits per heavy atom. The maximum Gasteiger partial charge on any atom is 0.162 e. The Labute approximate surface area is 242 Å². The highest BCUT2D eigenvalue weighted by atomic mass is 32.2. The second-order valence-corrected chi connectivity index (χ2v) is 11.5. The average Bonchev–Trinajstić information content (AvgIpc) is 3.25. The molecule has 41 heavy (non-hydrogen) atoms. The van der Waals surface area contributed by atoms with Crippen LogP contribution in [-0.2, 0) is 0 Å². The summed E-state index contributed by atoms with van der Waals surface area (Å²) in [5.41, 5.74) is 9.00. The molecule has 7 aromatic rings. The minimum atomic E-state index is 0.712. The molecule has 0 fully saturated rings. The molecular weight excluding hydrogens is 518 g/mol. The molecule has 194 valence electrons. The number of hydrogen-bond acceptors (Lipinski definition) is 3. The summed E-state index contributed by atoms with van der Waals surface area (Å²) in [7, 11) is 0. The van der Waals surface area contributed by atoms with Crippen molar-refractivity contribution >= 4 is 45.7 Å². The standard InChI is InChI=1S/C37H25N3S/c1-24-16-20-33-27(22-24)17-18-29-34(41-33)21-19-32-36(29)28-14-8-9-15-31(28)40(32)35-23-30(25-10-4-2-5-11-25)38-37(39-35)26-12-6-3-7-13-26/h2-23H,1H3. The van der Waals surface area contributed by atoms with Gasteiger partial charge in [-0.1, -0.05) is 120 Å². The zero-order valence-corrected chi connectivity index (χ0v) is 23.3. The van der Waals surface area contributed by atoms with E-state index in [9.17, 15) is 0 Å². The fourth-order valence-corrected chi connectivity index (χ4v) is 6.81. The Morgan fingerprint density at radius 1 is 0.610 bits per heavy atom. The van der Waals surface area contributed by atoms with Crippen LogP contribution >= 0.6 is 11.8 Å². The molecule has 0 N–H and O–H groups in total. The fraction of sp³-hybridized carbons (Fsp3) is 0.0270. The monoisotopic (exact) mass is 543 g/mol. The highest BCUT2D eigenvalue weighted by Crippen LogP contribution is 2.44. The number of para-hydroxylation sites is 1. The van der Waals surface area contributed by atoms with Crippen molar-refractivity contribution in [2.75, 3.05) is 0 Å². The number of hydrogen-bond donors (Lipinski definition) is 0. The average molecular weight is 544 g/mol. The summed E-state index contributed by atoms with van der Waals surface area (Å²) in [6, 6.07) is 42.6. The van der Waals surface area contributed by atoms with Gasteiger partial charge >= 0.3 is 0 Å². The molecular formula is C37H25N3S. The first-order valence-electron chi connectivity index (χ1n) is 13.8. The minimum Gasteiger partial charge on any atom is -0.294 e. The summed E-state index contributed by atoms with van der Waals surface area (Å²) in [4.78, 5) is 12.7. The van der Waals surface area contributed by atoms with Crippen LogP contribution in [0.25, 0.3) is 62.4 Å². The summed E-state index contributed by atoms with van der Waals surface area (Å²) >= 11 is 1.84. The number of aromatic nitrogens is 3. The van der Waals surface area contributed by atoms with Gasteiger partial charge in [-0.25, -0.2) is 9.97 Å². The molecule has 0 saturated heterocycles. The molecule has 0 atom stereocenters. The van der Waals surface area contributed by atoms with E-state index in [0.29, 0.717) is 5.82 Å². The van der Waals surface area contributed by atoms with Gasteiger partial charge in [0.1, 0.15) is 5.82 Å². The van der Waals surface area contributed by atoms with Crippen molar-refractivity contribution in [1.82, 2.24) is 14.5 Å². The fourth-order valence-electron chi connectivity index (χ4n) is 5.77. The second kappa shape index (κ2) is 9.61. The molecule has 0 amide bonds. The van der Waals surface area contributed by atoms with Crippen molar-refractivity contribution in [3.8, 4) is 28.5 Å². The van der Waals surface area contributed by atoms with E-state index in [1.807, 2.05) is 36.0 Å². The van der Waals surface area contributed by atoms with Gasteiger partial charge in [-0.15, -0.1) is 0 Å². The minimum absolute atomic E-state index is 0.712. The van der Waals surface area contributed by atoms with E-state index in [1.54, 1.807) is 0 Å². The zero-order valence-electron chi connectivity index (χ0n) is 22.5. The van der Waals surface area contributed by atoms with Crippen LogP contribution in [0.2, 0.25) is 0 Å². The molecule has 2 aromatic heterocycles. The zero-order chi connectivity index (χ0) is 27.3. The first-order chi connectivity index (χ1) is 20.2. The van der Waals surface area contributed by atoms with Gasteiger partial charge in [0.05, 0.1) is 16.7 Å². The van der Waals surface area contributed by atoms with Crippen LogP contribution < -0.4 is 0 Å². The van der Waals surface area contributed by atoms with E-state index < -0.39 is 0 Å². The Hall–Kier alpha value is -4.93. The van der Waals surface area contributed by atoms with Crippen LogP contribution in [0.3, 0.4) is 0 Å². The predicted octanol–water partition coefficient (Wildman–Crippen LogP) is 9.85. The van der Waals surface area contributed by atoms with Crippen molar-refractivity contribution in [2.45, 2.75) is 16.7 Å². The van der Waals surface area contributed by atoms with Gasteiger partial charge in [0.15, 0.2) is 5.82 Å². The van der Waals surface area contributed by atoms with Crippen LogP contribution in [0.1, 0.15) is 16.7 Å². The lowest BCUT2D eigenvalue weighted by Crippen LogP contribution is -2.02. The van der Waals surface area contributed by atoms with Crippen LogP contribution in [0.4, 0.5) is 0 Å². The van der Waals surface area contributed by atoms with Crippen LogP contribution in [-0.4, -0.2) is 14.5 Å². The van der Waals surface area contributed by atoms with Crippen molar-refractivity contribution in [3.05, 3.63) is 138 Å². The van der Waals surface area contributed by atoms with E-state index in [-0.39, 0.29) is 0 Å². The lowest BCUT2D eigenvalue weighted by molar-refractivity contribution is 1.05. The Bertz CT molecular complexity index is 2070. The second-order valence-electron chi connectivity index (χ2n) is 10.4. The molecule has 3 nitrogen and oxygen atoms in total. The smallest absolute Gasteiger partial charge is 0.162 e. The Kier molecular flexibility index (Phi) is 5.61. The Balaban J connectivity index is 1.42. The van der Waals surface area contributed by atoms with E-state index >= 15 is 0 Å². The van der Waals surface area contributed by atoms with Gasteiger partial charge in [0.2, 0.25) is 0 Å². The maximum atomic E-state index is 5.17. The van der Waals surface area contributed by atoms with Gasteiger partial charge in [-0.3, -0.25) is 4.57 Å². The van der Waals surface area contributed by atoms with Gasteiger partial charge in [-0.05, 0) is 42.3 Å². The molecule has 5 aromatic carbocycles. The van der Waals surface area contributed by atoms with E-state index in [4.69, 9.17) is 9.97 Å². The third kappa shape index (κ3) is 4.07. The summed E-state index contributed by atoms with van der Waals surface area (Å²) in [5, 5.41) is 2.46. The normalized spacial score (nSPS) is 12.3. The van der Waals surface area contributed by atoms with Crippen molar-refractivity contribution < 1.29 is 0 Å². The highest BCUT2D eigenvalue weighted by molar-refractivity contribution is 7.99. The van der Waals surface area contributed by atoms with Crippen molar-refractivity contribution in [1.29, 1.82) is 0 Å². The van der Waals surface area contributed by atoms with Crippen LogP contribution in [0.5, 0.6) is 0 Å². The molecule has 0 spiro atoms. The molecule has 0 radical (unpaired) electrons. The van der Waals surface area contributed by atoms with Crippen LogP contribution in [0, 0.1) is 6.92 Å². The lowest BCUT2D eigenvalue weighted by Gasteiger charge is -2.12. The quantitative estimate of drug-likeness (QED) is 0.222. The molecule has 3 heterocycles. The molecule has 1 aliphatic heterocycles. The number of nitrogens with zero attached hydrogens (tertiary/aromatic N) is 3. The Morgan fingerprint density at radius 3 is 2.17 bits per heavy atom. The highest BCUT2D eigenvalue weighted by Gasteiger charge is 2.21. The van der Waals surface area contributed by atoms with Crippen LogP contribution in [0.15, 0.2) is 131 Å². The molecule has 0 unspecified atom stereocenters. The molecule has 4 heteroatoms. The van der Waals surface area contributed by atoms with Gasteiger partial charge in [0, 0.05) is 37.8 Å². The first kappa shape index (κ1) is 23.9. The van der Waals surface area contributed by atoms with E-state index in [2.05, 4.69) is 121 Å². The largest absolute Gasteiger partial charge is 0.294 e. The molecule has 0 saturated carbocycles. The van der Waals surface area contributed by atoms with Crippen molar-refractivity contribution in [3.63, 3.8) is 0 Å². The van der Waals surface area contributed by atoms with E-state index in [0.717, 1.165) is 33.7 Å². The predicted molar refractivity (Wildman–Crippen MR) is 171 cm³/mol. The number of fused-ring (bicyclic) bond motifs is 6. The first-order valence-corrected chi connectivity index (χ1v) is 14.6. The summed E-state index contributed by atoms with van der Waals surface area (Å²) < 4.78 is 2.30. The van der Waals surface area contributed by atoms with Crippen molar-refractivity contribution in [2.24, 2.45) is 0 Å². The molecule has 8 rings (SSSR count). The lowest BCUT2D eigenvalue weighted by atomic mass is 10.0. The van der Waals surface area contributed by atoms with Gasteiger partial charge < -0.3 is 0 Å². The third-order valence-electron chi connectivity index (χ3n) is 7.70. The third-order valence-corrected chi connectivity index (χ3v) is 8.86. The molecule has 0 aliphatic carbocycles. The molecule has 0 bridgehead atoms. The summed E-state index contributed by atoms with van der Waals surface area (Å²) in [6.45, 7) is 2.15. The number of rotatable bonds is 3. The molecule has 1 aliphatic rings. The summed E-state index contributed by atoms with van der Waals surface area (Å²) in [6.07, 6.45) is 4.55. The summed E-state index contributed by atoms with van der Waals surface area (Å²) in [5.74, 6) is 1.57. The van der Waals surface area contributed by atoms with Gasteiger partial charge in [-0.2, -0.15) is 0 Å². The number of aryl methyl sites for hydroxylation is 1.